The van der Waals surface area contributed by atoms with Crippen LogP contribution in [0, 0.1) is 0 Å². The van der Waals surface area contributed by atoms with E-state index in [0.717, 1.165) is 19.3 Å². The molecule has 3 N–H and O–H groups in total. The van der Waals surface area contributed by atoms with Crippen LogP contribution in [0.25, 0.3) is 0 Å². The van der Waals surface area contributed by atoms with Gasteiger partial charge in [-0.1, -0.05) is 12.8 Å². The number of rotatable bonds is 9. The van der Waals surface area contributed by atoms with E-state index in [0.29, 0.717) is 13.0 Å². The smallest absolute Gasteiger partial charge is 0.550 e. The number of carbonyl (C=O) groups excluding carboxylic acids is 2. The van der Waals surface area contributed by atoms with Gasteiger partial charge in [0.05, 0.1) is 0 Å². The Morgan fingerprint density at radius 1 is 1.00 bits per heavy atom. The first-order chi connectivity index (χ1) is 7.13. The number of nitrogens with one attached hydrogen (secondary N) is 3. The standard InChI is InChI=1S/C8H17N3O4.Ca/c12-7(13)5-3-1-2-4-6-9-11-10-8(14)15;/h9-11H,1-6H2,(H,12,13)(H,14,15);/q;+2/p-2. The van der Waals surface area contributed by atoms with E-state index in [9.17, 15) is 19.8 Å². The molecule has 0 radical (unpaired) electrons. The maximum absolute atomic E-state index is 10.0. The van der Waals surface area contributed by atoms with E-state index in [2.05, 4.69) is 11.0 Å². The Kier molecular flexibility index (Phi) is 14.8. The van der Waals surface area contributed by atoms with Gasteiger partial charge in [0.25, 0.3) is 0 Å². The third-order valence-corrected chi connectivity index (χ3v) is 1.69. The summed E-state index contributed by atoms with van der Waals surface area (Å²) < 4.78 is 0. The predicted octanol–water partition coefficient (Wildman–Crippen LogP) is -2.75. The Morgan fingerprint density at radius 2 is 1.62 bits per heavy atom. The van der Waals surface area contributed by atoms with Crippen molar-refractivity contribution >= 4 is 49.8 Å². The van der Waals surface area contributed by atoms with E-state index in [1.54, 1.807) is 0 Å². The number of hydrazine groups is 2. The van der Waals surface area contributed by atoms with Crippen LogP contribution in [0.4, 0.5) is 4.79 Å². The summed E-state index contributed by atoms with van der Waals surface area (Å²) in [7, 11) is 0. The molecule has 0 unspecified atom stereocenters. The summed E-state index contributed by atoms with van der Waals surface area (Å²) in [5.74, 6) is -1.02. The first-order valence-corrected chi connectivity index (χ1v) is 4.77. The van der Waals surface area contributed by atoms with Crippen LogP contribution in [0.2, 0.25) is 0 Å². The second kappa shape index (κ2) is 13.0. The predicted molar refractivity (Wildman–Crippen MR) is 53.5 cm³/mol. The maximum Gasteiger partial charge on any atom is 2.00 e. The molecule has 0 atom stereocenters. The van der Waals surface area contributed by atoms with E-state index in [4.69, 9.17) is 0 Å². The quantitative estimate of drug-likeness (QED) is 0.234. The average Bonchev–Trinajstić information content (AvgIpc) is 2.14. The van der Waals surface area contributed by atoms with Crippen molar-refractivity contribution in [1.29, 1.82) is 0 Å². The summed E-state index contributed by atoms with van der Waals surface area (Å²) in [5.41, 5.74) is 6.65. The minimum atomic E-state index is -1.41. The monoisotopic (exact) mass is 257 g/mol. The zero-order valence-electron chi connectivity index (χ0n) is 9.08. The molecule has 0 bridgehead atoms. The van der Waals surface area contributed by atoms with Crippen molar-refractivity contribution in [3.63, 3.8) is 0 Å². The molecule has 88 valence electrons. The van der Waals surface area contributed by atoms with E-state index in [-0.39, 0.29) is 44.2 Å². The van der Waals surface area contributed by atoms with E-state index < -0.39 is 12.1 Å². The van der Waals surface area contributed by atoms with Crippen molar-refractivity contribution < 1.29 is 19.8 Å². The van der Waals surface area contributed by atoms with Gasteiger partial charge in [-0.2, -0.15) is 5.53 Å². The van der Waals surface area contributed by atoms with E-state index in [1.807, 2.05) is 5.43 Å². The summed E-state index contributed by atoms with van der Waals surface area (Å²) in [6.07, 6.45) is 1.84. The molecule has 0 aromatic heterocycles. The molecule has 0 aromatic rings. The molecule has 0 fully saturated rings. The Hall–Kier alpha value is -0.0803. The fourth-order valence-corrected chi connectivity index (χ4v) is 0.994. The van der Waals surface area contributed by atoms with Crippen LogP contribution in [0.3, 0.4) is 0 Å². The third kappa shape index (κ3) is 16.4. The molecule has 16 heavy (non-hydrogen) atoms. The fourth-order valence-electron chi connectivity index (χ4n) is 0.994. The Balaban J connectivity index is 0. The van der Waals surface area contributed by atoms with Gasteiger partial charge in [0, 0.05) is 12.5 Å². The minimum Gasteiger partial charge on any atom is -0.550 e. The second-order valence-electron chi connectivity index (χ2n) is 3.00. The van der Waals surface area contributed by atoms with Crippen molar-refractivity contribution in [3.8, 4) is 0 Å². The Labute approximate surface area is 124 Å². The van der Waals surface area contributed by atoms with Crippen molar-refractivity contribution in [2.45, 2.75) is 32.1 Å². The summed E-state index contributed by atoms with van der Waals surface area (Å²) in [5, 5.41) is 19.9. The van der Waals surface area contributed by atoms with Crippen LogP contribution in [0.1, 0.15) is 32.1 Å². The van der Waals surface area contributed by atoms with Gasteiger partial charge < -0.3 is 19.8 Å². The molecule has 1 amide bonds. The zero-order chi connectivity index (χ0) is 11.5. The fraction of sp³-hybridized carbons (Fsp3) is 0.750. The largest absolute Gasteiger partial charge is 2.00 e. The number of hydrogen-bond donors (Lipinski definition) is 3. The van der Waals surface area contributed by atoms with Gasteiger partial charge in [0.2, 0.25) is 0 Å². The Morgan fingerprint density at radius 3 is 2.19 bits per heavy atom. The van der Waals surface area contributed by atoms with Crippen LogP contribution in [0.5, 0.6) is 0 Å². The van der Waals surface area contributed by atoms with Crippen LogP contribution in [0.15, 0.2) is 0 Å². The molecule has 0 aliphatic rings. The van der Waals surface area contributed by atoms with Gasteiger partial charge in [-0.25, -0.2) is 5.43 Å². The molecule has 0 aliphatic carbocycles. The minimum absolute atomic E-state index is 0. The first kappa shape index (κ1) is 18.3. The van der Waals surface area contributed by atoms with Crippen molar-refractivity contribution in [1.82, 2.24) is 16.4 Å². The maximum atomic E-state index is 10.0. The van der Waals surface area contributed by atoms with E-state index in [1.165, 1.54) is 0 Å². The number of amides is 1. The molecule has 0 saturated carbocycles. The van der Waals surface area contributed by atoms with Crippen molar-refractivity contribution in [2.24, 2.45) is 0 Å². The van der Waals surface area contributed by atoms with E-state index >= 15 is 0 Å². The topological polar surface area (TPSA) is 116 Å². The van der Waals surface area contributed by atoms with Gasteiger partial charge in [-0.15, -0.1) is 0 Å². The van der Waals surface area contributed by atoms with Gasteiger partial charge in [0.15, 0.2) is 0 Å². The van der Waals surface area contributed by atoms with Crippen LogP contribution in [-0.4, -0.2) is 56.3 Å². The molecule has 0 aliphatic heterocycles. The molecular formula is C8H15CaN3O4. The average molecular weight is 257 g/mol. The number of hydrogen-bond acceptors (Lipinski definition) is 6. The van der Waals surface area contributed by atoms with Crippen LogP contribution in [-0.2, 0) is 4.79 Å². The summed E-state index contributed by atoms with van der Waals surface area (Å²) in [6, 6.07) is 0. The normalized spacial score (nSPS) is 9.25. The second-order valence-corrected chi connectivity index (χ2v) is 3.00. The number of carbonyl (C=O) groups is 2. The summed E-state index contributed by atoms with van der Waals surface area (Å²) in [4.78, 5) is 19.9. The molecule has 7 nitrogen and oxygen atoms in total. The Bertz CT molecular complexity index is 184. The summed E-state index contributed by atoms with van der Waals surface area (Å²) in [6.45, 7) is 0.589. The molecule has 0 rings (SSSR count). The van der Waals surface area contributed by atoms with Crippen LogP contribution < -0.4 is 26.6 Å². The molecule has 0 aromatic carbocycles. The molecule has 8 heteroatoms. The van der Waals surface area contributed by atoms with Crippen molar-refractivity contribution in [3.05, 3.63) is 0 Å². The molecule has 0 heterocycles. The third-order valence-electron chi connectivity index (χ3n) is 1.69. The summed E-state index contributed by atoms with van der Waals surface area (Å²) >= 11 is 0. The zero-order valence-corrected chi connectivity index (χ0v) is 11.3. The number of aliphatic carboxylic acids is 1. The number of carboxylic acids is 1. The van der Waals surface area contributed by atoms with Crippen LogP contribution >= 0.6 is 0 Å². The van der Waals surface area contributed by atoms with Gasteiger partial charge in [-0.05, 0) is 19.3 Å². The van der Waals surface area contributed by atoms with Gasteiger partial charge in [-0.3, -0.25) is 5.43 Å². The van der Waals surface area contributed by atoms with Gasteiger partial charge >= 0.3 is 37.7 Å². The number of carboxylic acid groups (broad SMARTS) is 2. The molecular weight excluding hydrogens is 242 g/mol. The number of unbranched alkanes of at least 4 members (excludes halogenated alkanes) is 3. The SMILES string of the molecule is O=C([O-])CCCCCCNNNC(=O)[O-].[Ca+2]. The first-order valence-electron chi connectivity index (χ1n) is 4.77. The van der Waals surface area contributed by atoms with Crippen molar-refractivity contribution in [2.75, 3.05) is 6.54 Å². The molecule has 0 saturated heterocycles. The van der Waals surface area contributed by atoms with Gasteiger partial charge in [0.1, 0.15) is 6.09 Å². The molecule has 0 spiro atoms.